The molecular formula is C14H21Br2NS. The van der Waals surface area contributed by atoms with Crippen molar-refractivity contribution in [2.24, 2.45) is 11.8 Å². The van der Waals surface area contributed by atoms with E-state index < -0.39 is 0 Å². The highest BCUT2D eigenvalue weighted by molar-refractivity contribution is 9.13. The van der Waals surface area contributed by atoms with E-state index in [1.54, 1.807) is 0 Å². The third kappa shape index (κ3) is 3.20. The summed E-state index contributed by atoms with van der Waals surface area (Å²) < 4.78 is 2.40. The summed E-state index contributed by atoms with van der Waals surface area (Å²) >= 11 is 9.08. The second kappa shape index (κ2) is 6.87. The number of hydrogen-bond donors (Lipinski definition) is 1. The Kier molecular flexibility index (Phi) is 5.73. The summed E-state index contributed by atoms with van der Waals surface area (Å²) in [6.45, 7) is 2.34. The largest absolute Gasteiger partial charge is 0.312 e. The molecule has 1 saturated carbocycles. The molecule has 1 N–H and O–H groups in total. The Bertz CT molecular complexity index is 372. The van der Waals surface area contributed by atoms with E-state index in [1.807, 2.05) is 11.3 Å². The Morgan fingerprint density at radius 1 is 1.39 bits per heavy atom. The zero-order chi connectivity index (χ0) is 13.1. The summed E-state index contributed by atoms with van der Waals surface area (Å²) in [4.78, 5) is 1.46. The highest BCUT2D eigenvalue weighted by Crippen LogP contribution is 2.44. The summed E-state index contributed by atoms with van der Waals surface area (Å²) in [6, 6.07) is 2.79. The van der Waals surface area contributed by atoms with E-state index in [0.29, 0.717) is 6.04 Å². The van der Waals surface area contributed by atoms with Crippen LogP contribution in [0.4, 0.5) is 0 Å². The van der Waals surface area contributed by atoms with Gasteiger partial charge in [-0.3, -0.25) is 0 Å². The van der Waals surface area contributed by atoms with E-state index >= 15 is 0 Å². The fraction of sp³-hybridized carbons (Fsp3) is 0.714. The summed E-state index contributed by atoms with van der Waals surface area (Å²) in [6.07, 6.45) is 6.91. The van der Waals surface area contributed by atoms with Gasteiger partial charge in [0.05, 0.1) is 3.79 Å². The fourth-order valence-corrected chi connectivity index (χ4v) is 5.54. The van der Waals surface area contributed by atoms with Crippen LogP contribution in [0.1, 0.15) is 49.9 Å². The molecular weight excluding hydrogens is 374 g/mol. The molecule has 0 amide bonds. The van der Waals surface area contributed by atoms with Gasteiger partial charge in [0.25, 0.3) is 0 Å². The van der Waals surface area contributed by atoms with Crippen molar-refractivity contribution in [1.29, 1.82) is 0 Å². The molecule has 4 heteroatoms. The van der Waals surface area contributed by atoms with Crippen LogP contribution in [0.25, 0.3) is 0 Å². The van der Waals surface area contributed by atoms with Crippen LogP contribution in [-0.2, 0) is 0 Å². The smallest absolute Gasteiger partial charge is 0.0843 e. The molecule has 0 spiro atoms. The van der Waals surface area contributed by atoms with Crippen molar-refractivity contribution >= 4 is 43.2 Å². The van der Waals surface area contributed by atoms with E-state index in [-0.39, 0.29) is 0 Å². The number of hydrogen-bond acceptors (Lipinski definition) is 2. The molecule has 18 heavy (non-hydrogen) atoms. The molecule has 1 aromatic rings. The van der Waals surface area contributed by atoms with Gasteiger partial charge >= 0.3 is 0 Å². The van der Waals surface area contributed by atoms with Crippen LogP contribution in [0.15, 0.2) is 14.3 Å². The Morgan fingerprint density at radius 2 is 2.11 bits per heavy atom. The molecule has 1 aliphatic carbocycles. The molecule has 3 unspecified atom stereocenters. The minimum Gasteiger partial charge on any atom is -0.312 e. The minimum absolute atomic E-state index is 0.517. The van der Waals surface area contributed by atoms with Gasteiger partial charge in [-0.2, -0.15) is 0 Å². The topological polar surface area (TPSA) is 12.0 Å². The molecule has 1 aliphatic rings. The van der Waals surface area contributed by atoms with Crippen molar-refractivity contribution in [3.8, 4) is 0 Å². The zero-order valence-corrected chi connectivity index (χ0v) is 15.0. The van der Waals surface area contributed by atoms with Gasteiger partial charge in [-0.05, 0) is 63.2 Å². The van der Waals surface area contributed by atoms with Crippen molar-refractivity contribution in [3.05, 3.63) is 19.2 Å². The van der Waals surface area contributed by atoms with Crippen molar-refractivity contribution in [2.75, 3.05) is 7.05 Å². The van der Waals surface area contributed by atoms with Crippen molar-refractivity contribution in [1.82, 2.24) is 5.32 Å². The molecule has 0 radical (unpaired) electrons. The number of halogens is 2. The third-order valence-electron chi connectivity index (χ3n) is 4.20. The Labute approximate surface area is 131 Å². The average Bonchev–Trinajstić information content (AvgIpc) is 2.71. The second-order valence-electron chi connectivity index (χ2n) is 5.15. The molecule has 102 valence electrons. The van der Waals surface area contributed by atoms with Crippen molar-refractivity contribution in [2.45, 2.75) is 45.1 Å². The maximum absolute atomic E-state index is 3.61. The molecule has 1 heterocycles. The van der Waals surface area contributed by atoms with Crippen LogP contribution in [0.5, 0.6) is 0 Å². The van der Waals surface area contributed by atoms with E-state index in [9.17, 15) is 0 Å². The molecule has 0 saturated heterocycles. The lowest BCUT2D eigenvalue weighted by molar-refractivity contribution is 0.182. The third-order valence-corrected chi connectivity index (χ3v) is 7.54. The van der Waals surface area contributed by atoms with Crippen molar-refractivity contribution < 1.29 is 0 Å². The summed E-state index contributed by atoms with van der Waals surface area (Å²) in [5, 5.41) is 3.56. The Balaban J connectivity index is 2.21. The maximum atomic E-state index is 3.61. The highest BCUT2D eigenvalue weighted by atomic mass is 79.9. The summed E-state index contributed by atoms with van der Waals surface area (Å²) in [7, 11) is 2.10. The normalized spacial score (nSPS) is 26.2. The molecule has 1 aromatic heterocycles. The van der Waals surface area contributed by atoms with Gasteiger partial charge in [0.2, 0.25) is 0 Å². The minimum atomic E-state index is 0.517. The first-order chi connectivity index (χ1) is 8.67. The quantitative estimate of drug-likeness (QED) is 0.685. The molecule has 2 rings (SSSR count). The first-order valence-corrected chi connectivity index (χ1v) is 9.19. The first-order valence-electron chi connectivity index (χ1n) is 6.79. The van der Waals surface area contributed by atoms with Crippen LogP contribution in [0.2, 0.25) is 0 Å². The van der Waals surface area contributed by atoms with Crippen LogP contribution in [-0.4, -0.2) is 7.05 Å². The molecule has 0 aliphatic heterocycles. The molecule has 0 bridgehead atoms. The van der Waals surface area contributed by atoms with Crippen molar-refractivity contribution in [3.63, 3.8) is 0 Å². The second-order valence-corrected chi connectivity index (χ2v) is 8.41. The lowest BCUT2D eigenvalue weighted by Crippen LogP contribution is -2.32. The number of thiophene rings is 1. The van der Waals surface area contributed by atoms with Crippen LogP contribution >= 0.6 is 43.2 Å². The number of nitrogens with one attached hydrogen (secondary N) is 1. The van der Waals surface area contributed by atoms with E-state index in [0.717, 1.165) is 11.8 Å². The predicted octanol–water partition coefficient (Wildman–Crippen LogP) is 5.75. The standard InChI is InChI=1S/C14H21Br2NS/c1-3-9-6-4-5-7-10(9)13(17-2)12-8-11(15)14(16)18-12/h8-10,13,17H,3-7H2,1-2H3. The fourth-order valence-electron chi connectivity index (χ4n) is 3.27. The van der Waals surface area contributed by atoms with Crippen LogP contribution < -0.4 is 5.32 Å². The summed E-state index contributed by atoms with van der Waals surface area (Å²) in [5.74, 6) is 1.68. The van der Waals surface area contributed by atoms with E-state index in [1.165, 1.54) is 45.2 Å². The van der Waals surface area contributed by atoms with E-state index in [2.05, 4.69) is 57.2 Å². The molecule has 3 atom stereocenters. The molecule has 1 nitrogen and oxygen atoms in total. The Morgan fingerprint density at radius 3 is 2.67 bits per heavy atom. The first kappa shape index (κ1) is 15.0. The highest BCUT2D eigenvalue weighted by Gasteiger charge is 2.31. The Hall–Kier alpha value is 0.620. The summed E-state index contributed by atoms with van der Waals surface area (Å²) in [5.41, 5.74) is 0. The number of rotatable bonds is 4. The lowest BCUT2D eigenvalue weighted by atomic mass is 9.73. The van der Waals surface area contributed by atoms with Gasteiger partial charge in [0, 0.05) is 15.4 Å². The average molecular weight is 395 g/mol. The molecule has 1 fully saturated rings. The van der Waals surface area contributed by atoms with Gasteiger partial charge in [0.15, 0.2) is 0 Å². The van der Waals surface area contributed by atoms with Gasteiger partial charge in [-0.15, -0.1) is 11.3 Å². The lowest BCUT2D eigenvalue weighted by Gasteiger charge is -2.36. The predicted molar refractivity (Wildman–Crippen MR) is 87.3 cm³/mol. The van der Waals surface area contributed by atoms with Gasteiger partial charge in [-0.25, -0.2) is 0 Å². The van der Waals surface area contributed by atoms with Crippen LogP contribution in [0.3, 0.4) is 0 Å². The SMILES string of the molecule is CCC1CCCCC1C(NC)c1cc(Br)c(Br)s1. The van der Waals surface area contributed by atoms with Gasteiger partial charge in [0.1, 0.15) is 0 Å². The maximum Gasteiger partial charge on any atom is 0.0843 e. The van der Waals surface area contributed by atoms with Gasteiger partial charge < -0.3 is 5.32 Å². The molecule has 0 aromatic carbocycles. The zero-order valence-electron chi connectivity index (χ0n) is 11.0. The van der Waals surface area contributed by atoms with Crippen LogP contribution in [0, 0.1) is 11.8 Å². The monoisotopic (exact) mass is 393 g/mol. The van der Waals surface area contributed by atoms with E-state index in [4.69, 9.17) is 0 Å². The van der Waals surface area contributed by atoms with Gasteiger partial charge in [-0.1, -0.05) is 32.6 Å².